The summed E-state index contributed by atoms with van der Waals surface area (Å²) in [7, 11) is 1.94. The van der Waals surface area contributed by atoms with E-state index in [2.05, 4.69) is 20.6 Å². The van der Waals surface area contributed by atoms with Gasteiger partial charge in [0, 0.05) is 61.5 Å². The highest BCUT2D eigenvalue weighted by Crippen LogP contribution is 2.36. The quantitative estimate of drug-likeness (QED) is 0.430. The van der Waals surface area contributed by atoms with Gasteiger partial charge in [0.1, 0.15) is 17.3 Å². The van der Waals surface area contributed by atoms with Gasteiger partial charge in [0.25, 0.3) is 5.91 Å². The Kier molecular flexibility index (Phi) is 4.56. The van der Waals surface area contributed by atoms with Crippen LogP contribution in [0.3, 0.4) is 0 Å². The number of anilines is 3. The zero-order valence-corrected chi connectivity index (χ0v) is 18.4. The molecule has 6 heterocycles. The third-order valence-electron chi connectivity index (χ3n) is 6.28. The van der Waals surface area contributed by atoms with E-state index < -0.39 is 0 Å². The van der Waals surface area contributed by atoms with Crippen LogP contribution >= 0.6 is 0 Å². The second-order valence-corrected chi connectivity index (χ2v) is 8.55. The Bertz CT molecular complexity index is 1480. The van der Waals surface area contributed by atoms with Gasteiger partial charge in [-0.2, -0.15) is 0 Å². The maximum absolute atomic E-state index is 12.8. The summed E-state index contributed by atoms with van der Waals surface area (Å²) >= 11 is 0. The number of carbonyl (C=O) groups excluding carboxylic acids is 2. The van der Waals surface area contributed by atoms with Crippen LogP contribution in [0, 0.1) is 0 Å². The number of aromatic nitrogens is 4. The van der Waals surface area contributed by atoms with Crippen molar-refractivity contribution in [2.45, 2.75) is 19.0 Å². The van der Waals surface area contributed by atoms with E-state index in [-0.39, 0.29) is 17.9 Å². The first kappa shape index (κ1) is 20.3. The predicted octanol–water partition coefficient (Wildman–Crippen LogP) is 2.08. The number of nitrogens with one attached hydrogen (secondary N) is 2. The first-order valence-electron chi connectivity index (χ1n) is 11.0. The summed E-state index contributed by atoms with van der Waals surface area (Å²) in [6.07, 6.45) is 5.67. The molecule has 2 amide bonds. The minimum atomic E-state index is -0.195. The number of aryl methyl sites for hydroxylation is 1. The van der Waals surface area contributed by atoms with Gasteiger partial charge in [-0.1, -0.05) is 6.07 Å². The molecule has 34 heavy (non-hydrogen) atoms. The molecule has 0 unspecified atom stereocenters. The average molecular weight is 454 g/mol. The van der Waals surface area contributed by atoms with Crippen molar-refractivity contribution in [1.29, 1.82) is 0 Å². The molecule has 0 bridgehead atoms. The molecular weight excluding hydrogens is 432 g/mol. The smallest absolute Gasteiger partial charge is 0.254 e. The highest BCUT2D eigenvalue weighted by atomic mass is 16.2. The van der Waals surface area contributed by atoms with Crippen LogP contribution in [-0.2, 0) is 18.4 Å². The van der Waals surface area contributed by atoms with Crippen LogP contribution in [0.5, 0.6) is 0 Å². The van der Waals surface area contributed by atoms with Crippen LogP contribution in [-0.4, -0.2) is 43.9 Å². The van der Waals surface area contributed by atoms with Crippen LogP contribution in [0.15, 0.2) is 48.9 Å². The molecule has 10 nitrogen and oxygen atoms in total. The summed E-state index contributed by atoms with van der Waals surface area (Å²) in [5, 5.41) is 7.11. The van der Waals surface area contributed by atoms with E-state index in [4.69, 9.17) is 10.7 Å². The number of amides is 2. The van der Waals surface area contributed by atoms with Crippen LogP contribution in [0.2, 0.25) is 0 Å². The van der Waals surface area contributed by atoms with Crippen molar-refractivity contribution in [3.63, 3.8) is 0 Å². The lowest BCUT2D eigenvalue weighted by molar-refractivity contribution is -0.117. The largest absolute Gasteiger partial charge is 0.348 e. The fraction of sp³-hybridized carbons (Fsp3) is 0.208. The van der Waals surface area contributed by atoms with E-state index in [9.17, 15) is 9.59 Å². The molecule has 0 aliphatic carbocycles. The molecule has 1 fully saturated rings. The Morgan fingerprint density at radius 1 is 1.18 bits per heavy atom. The molecule has 2 aliphatic heterocycles. The molecule has 1 saturated heterocycles. The van der Waals surface area contributed by atoms with Crippen LogP contribution in [0.25, 0.3) is 22.3 Å². The fourth-order valence-electron chi connectivity index (χ4n) is 4.68. The van der Waals surface area contributed by atoms with Gasteiger partial charge in [0.05, 0.1) is 23.1 Å². The maximum Gasteiger partial charge on any atom is 0.254 e. The van der Waals surface area contributed by atoms with Gasteiger partial charge in [-0.05, 0) is 24.3 Å². The Morgan fingerprint density at radius 3 is 2.88 bits per heavy atom. The van der Waals surface area contributed by atoms with E-state index >= 15 is 0 Å². The van der Waals surface area contributed by atoms with Crippen LogP contribution in [0.1, 0.15) is 22.3 Å². The number of carbonyl (C=O) groups is 2. The predicted molar refractivity (Wildman–Crippen MR) is 128 cm³/mol. The van der Waals surface area contributed by atoms with E-state index in [1.165, 1.54) is 0 Å². The van der Waals surface area contributed by atoms with Gasteiger partial charge in [0.15, 0.2) is 0 Å². The lowest BCUT2D eigenvalue weighted by atomic mass is 10.0. The fourth-order valence-corrected chi connectivity index (χ4v) is 4.68. The molecule has 4 N–H and O–H groups in total. The van der Waals surface area contributed by atoms with Crippen molar-refractivity contribution < 1.29 is 9.59 Å². The minimum Gasteiger partial charge on any atom is -0.348 e. The van der Waals surface area contributed by atoms with Crippen molar-refractivity contribution in [3.8, 4) is 11.3 Å². The van der Waals surface area contributed by atoms with Crippen LogP contribution in [0.4, 0.5) is 17.3 Å². The molecular formula is C24H22N8O2. The third-order valence-corrected chi connectivity index (χ3v) is 6.28. The topological polar surface area (TPSA) is 131 Å². The molecule has 0 spiro atoms. The van der Waals surface area contributed by atoms with Crippen molar-refractivity contribution in [1.82, 2.24) is 24.8 Å². The van der Waals surface area contributed by atoms with Crippen molar-refractivity contribution in [3.05, 3.63) is 60.0 Å². The average Bonchev–Trinajstić information content (AvgIpc) is 3.51. The number of hydrogen-bond donors (Lipinski definition) is 3. The van der Waals surface area contributed by atoms with Crippen molar-refractivity contribution in [2.24, 2.45) is 12.8 Å². The van der Waals surface area contributed by atoms with Gasteiger partial charge in [-0.3, -0.25) is 19.5 Å². The molecule has 4 aromatic heterocycles. The van der Waals surface area contributed by atoms with Crippen molar-refractivity contribution in [2.75, 3.05) is 16.8 Å². The molecule has 2 aliphatic rings. The van der Waals surface area contributed by atoms with Crippen LogP contribution < -0.4 is 21.3 Å². The number of pyridine rings is 3. The zero-order valence-electron chi connectivity index (χ0n) is 18.4. The Labute approximate surface area is 194 Å². The minimum absolute atomic E-state index is 0.0481. The first-order valence-corrected chi connectivity index (χ1v) is 11.0. The van der Waals surface area contributed by atoms with Gasteiger partial charge in [0.2, 0.25) is 5.91 Å². The first-order chi connectivity index (χ1) is 16.5. The summed E-state index contributed by atoms with van der Waals surface area (Å²) < 4.78 is 1.95. The van der Waals surface area contributed by atoms with E-state index in [0.29, 0.717) is 42.4 Å². The number of nitrogens with two attached hydrogens (primary N) is 1. The standard InChI is InChI=1S/C24H22N8O2/c1-31-8-6-15-14(5-7-26-23(15)31)22-16-10-28-24(34)21(16)17(11-27-22)29-18-3-2-4-19(30-18)32-12-13(25)9-20(32)33/h2-8,11,13H,9-10,12,25H2,1H3,(H,28,34)(H,29,30)/t13-/m0/s1. The summed E-state index contributed by atoms with van der Waals surface area (Å²) in [4.78, 5) is 40.4. The second kappa shape index (κ2) is 7.63. The molecule has 1 atom stereocenters. The molecule has 10 heteroatoms. The van der Waals surface area contributed by atoms with E-state index in [1.807, 2.05) is 36.0 Å². The lowest BCUT2D eigenvalue weighted by Crippen LogP contribution is -2.28. The zero-order chi connectivity index (χ0) is 23.4. The van der Waals surface area contributed by atoms with Gasteiger partial charge in [-0.25, -0.2) is 9.97 Å². The SMILES string of the molecule is Cn1ccc2c(-c3ncc(Nc4cccc(N5C[C@@H](N)CC5=O)n4)c4c3CNC4=O)ccnc21. The molecule has 0 saturated carbocycles. The Balaban J connectivity index is 1.39. The molecule has 170 valence electrons. The Morgan fingerprint density at radius 2 is 2.06 bits per heavy atom. The van der Waals surface area contributed by atoms with E-state index in [0.717, 1.165) is 27.9 Å². The van der Waals surface area contributed by atoms with E-state index in [1.54, 1.807) is 29.4 Å². The summed E-state index contributed by atoms with van der Waals surface area (Å²) in [5.41, 5.74) is 10.4. The lowest BCUT2D eigenvalue weighted by Gasteiger charge is -2.17. The normalized spacial score (nSPS) is 17.4. The summed E-state index contributed by atoms with van der Waals surface area (Å²) in [5.74, 6) is 0.817. The highest BCUT2D eigenvalue weighted by Gasteiger charge is 2.30. The summed E-state index contributed by atoms with van der Waals surface area (Å²) in [6, 6.07) is 9.10. The highest BCUT2D eigenvalue weighted by molar-refractivity contribution is 6.06. The summed E-state index contributed by atoms with van der Waals surface area (Å²) in [6.45, 7) is 0.819. The number of hydrogen-bond acceptors (Lipinski definition) is 7. The van der Waals surface area contributed by atoms with Gasteiger partial charge < -0.3 is 20.9 Å². The maximum atomic E-state index is 12.8. The Hall–Kier alpha value is -4.31. The monoisotopic (exact) mass is 454 g/mol. The van der Waals surface area contributed by atoms with Crippen molar-refractivity contribution >= 4 is 40.2 Å². The number of fused-ring (bicyclic) bond motifs is 2. The third kappa shape index (κ3) is 3.19. The number of rotatable bonds is 4. The molecule has 4 aromatic rings. The van der Waals surface area contributed by atoms with Gasteiger partial charge >= 0.3 is 0 Å². The number of nitrogens with zero attached hydrogens (tertiary/aromatic N) is 5. The molecule has 0 aromatic carbocycles. The second-order valence-electron chi connectivity index (χ2n) is 8.55. The molecule has 0 radical (unpaired) electrons. The van der Waals surface area contributed by atoms with Gasteiger partial charge in [-0.15, -0.1) is 0 Å². The molecule has 6 rings (SSSR count).